The first kappa shape index (κ1) is 13.4. The first-order valence-electron chi connectivity index (χ1n) is 4.56. The second kappa shape index (κ2) is 6.75. The monoisotopic (exact) mass is 205 g/mol. The van der Waals surface area contributed by atoms with Gasteiger partial charge in [-0.25, -0.2) is 0 Å². The maximum Gasteiger partial charge on any atom is 0.326 e. The van der Waals surface area contributed by atoms with Gasteiger partial charge < -0.3 is 19.9 Å². The van der Waals surface area contributed by atoms with Gasteiger partial charge in [-0.1, -0.05) is 0 Å². The van der Waals surface area contributed by atoms with E-state index >= 15 is 0 Å². The smallest absolute Gasteiger partial charge is 0.326 e. The lowest BCUT2D eigenvalue weighted by molar-refractivity contribution is -0.146. The normalized spacial score (nSPS) is 15.1. The summed E-state index contributed by atoms with van der Waals surface area (Å²) in [6.07, 6.45) is 0.774. The van der Waals surface area contributed by atoms with Crippen LogP contribution in [0.3, 0.4) is 0 Å². The minimum Gasteiger partial charge on any atom is -0.480 e. The van der Waals surface area contributed by atoms with Crippen LogP contribution in [0.25, 0.3) is 0 Å². The largest absolute Gasteiger partial charge is 0.480 e. The van der Waals surface area contributed by atoms with Crippen molar-refractivity contribution in [3.8, 4) is 0 Å². The molecule has 0 saturated heterocycles. The second-order valence-corrected chi connectivity index (χ2v) is 3.29. The highest BCUT2D eigenvalue weighted by molar-refractivity contribution is 5.78. The molecular weight excluding hydrogens is 186 g/mol. The number of carboxylic acids is 1. The zero-order valence-electron chi connectivity index (χ0n) is 9.00. The molecule has 0 aliphatic heterocycles. The highest BCUT2D eigenvalue weighted by Crippen LogP contribution is 2.03. The van der Waals surface area contributed by atoms with Crippen LogP contribution in [-0.4, -0.2) is 50.6 Å². The molecular formula is C9H19NO4. The van der Waals surface area contributed by atoms with Crippen molar-refractivity contribution >= 4 is 5.97 Å². The second-order valence-electron chi connectivity index (χ2n) is 3.29. The zero-order chi connectivity index (χ0) is 11.0. The summed E-state index contributed by atoms with van der Waals surface area (Å²) < 4.78 is 10.1. The molecule has 0 aliphatic rings. The third-order valence-corrected chi connectivity index (χ3v) is 2.05. The molecule has 5 heteroatoms. The summed E-state index contributed by atoms with van der Waals surface area (Å²) >= 11 is 0. The van der Waals surface area contributed by atoms with Gasteiger partial charge in [0.1, 0.15) is 5.54 Å². The van der Waals surface area contributed by atoms with Gasteiger partial charge in [0.15, 0.2) is 0 Å². The molecule has 0 rings (SSSR count). The van der Waals surface area contributed by atoms with Crippen molar-refractivity contribution < 1.29 is 19.4 Å². The topological polar surface area (TPSA) is 67.8 Å². The average Bonchev–Trinajstić information content (AvgIpc) is 2.17. The average molecular weight is 205 g/mol. The standard InChI is InChI=1S/C9H19NO4/c1-9(10-2,8(11)12)7-14-6-4-5-13-3/h10H,4-7H2,1-3H3,(H,11,12). The van der Waals surface area contributed by atoms with Crippen molar-refractivity contribution in [1.82, 2.24) is 5.32 Å². The maximum absolute atomic E-state index is 10.8. The summed E-state index contributed by atoms with van der Waals surface area (Å²) in [7, 11) is 3.22. The molecule has 0 aromatic heterocycles. The molecule has 0 aliphatic carbocycles. The van der Waals surface area contributed by atoms with Crippen molar-refractivity contribution in [2.24, 2.45) is 0 Å². The van der Waals surface area contributed by atoms with Crippen molar-refractivity contribution in [3.63, 3.8) is 0 Å². The highest BCUT2D eigenvalue weighted by atomic mass is 16.5. The molecule has 0 fully saturated rings. The van der Waals surface area contributed by atoms with Crippen LogP contribution in [0.15, 0.2) is 0 Å². The van der Waals surface area contributed by atoms with E-state index in [2.05, 4.69) is 5.32 Å². The molecule has 1 unspecified atom stereocenters. The number of carbonyl (C=O) groups is 1. The van der Waals surface area contributed by atoms with Crippen molar-refractivity contribution in [3.05, 3.63) is 0 Å². The summed E-state index contributed by atoms with van der Waals surface area (Å²) in [6.45, 7) is 2.88. The molecule has 0 spiro atoms. The molecule has 0 amide bonds. The summed E-state index contributed by atoms with van der Waals surface area (Å²) in [5.74, 6) is -0.910. The summed E-state index contributed by atoms with van der Waals surface area (Å²) in [5.41, 5.74) is -1.01. The number of carboxylic acid groups (broad SMARTS) is 1. The zero-order valence-corrected chi connectivity index (χ0v) is 9.00. The van der Waals surface area contributed by atoms with Gasteiger partial charge in [-0.3, -0.25) is 4.79 Å². The van der Waals surface area contributed by atoms with Gasteiger partial charge in [0.05, 0.1) is 6.61 Å². The summed E-state index contributed by atoms with van der Waals surface area (Å²) in [4.78, 5) is 10.8. The molecule has 0 saturated carbocycles. The van der Waals surface area contributed by atoms with Crippen molar-refractivity contribution in [2.45, 2.75) is 18.9 Å². The Labute approximate surface area is 84.4 Å². The Morgan fingerprint density at radius 1 is 1.50 bits per heavy atom. The van der Waals surface area contributed by atoms with Crippen LogP contribution in [0, 0.1) is 0 Å². The van der Waals surface area contributed by atoms with Crippen LogP contribution in [0.5, 0.6) is 0 Å². The van der Waals surface area contributed by atoms with E-state index in [4.69, 9.17) is 14.6 Å². The van der Waals surface area contributed by atoms with Gasteiger partial charge >= 0.3 is 5.97 Å². The van der Waals surface area contributed by atoms with Crippen LogP contribution < -0.4 is 5.32 Å². The van der Waals surface area contributed by atoms with Gasteiger partial charge in [0.25, 0.3) is 0 Å². The fraction of sp³-hybridized carbons (Fsp3) is 0.889. The third kappa shape index (κ3) is 4.55. The number of hydrogen-bond acceptors (Lipinski definition) is 4. The van der Waals surface area contributed by atoms with Gasteiger partial charge in [-0.2, -0.15) is 0 Å². The Hall–Kier alpha value is -0.650. The van der Waals surface area contributed by atoms with E-state index in [1.165, 1.54) is 0 Å². The van der Waals surface area contributed by atoms with Crippen LogP contribution in [0.4, 0.5) is 0 Å². The molecule has 0 aromatic carbocycles. The van der Waals surface area contributed by atoms with E-state index < -0.39 is 11.5 Å². The SMILES string of the molecule is CNC(C)(COCCCOC)C(=O)O. The predicted octanol–water partition coefficient (Wildman–Crippen LogP) is 0.102. The number of aliphatic carboxylic acids is 1. The number of ether oxygens (including phenoxy) is 2. The van der Waals surface area contributed by atoms with Gasteiger partial charge in [-0.15, -0.1) is 0 Å². The van der Waals surface area contributed by atoms with Crippen LogP contribution in [0.2, 0.25) is 0 Å². The lowest BCUT2D eigenvalue weighted by atomic mass is 10.1. The van der Waals surface area contributed by atoms with E-state index in [0.29, 0.717) is 13.2 Å². The van der Waals surface area contributed by atoms with Crippen molar-refractivity contribution in [1.29, 1.82) is 0 Å². The fourth-order valence-corrected chi connectivity index (χ4v) is 0.822. The lowest BCUT2D eigenvalue weighted by Gasteiger charge is -2.23. The van der Waals surface area contributed by atoms with Crippen LogP contribution >= 0.6 is 0 Å². The molecule has 0 bridgehead atoms. The predicted molar refractivity (Wildman–Crippen MR) is 52.4 cm³/mol. The highest BCUT2D eigenvalue weighted by Gasteiger charge is 2.31. The van der Waals surface area contributed by atoms with Crippen LogP contribution in [0.1, 0.15) is 13.3 Å². The van der Waals surface area contributed by atoms with Crippen LogP contribution in [-0.2, 0) is 14.3 Å². The number of rotatable bonds is 8. The Morgan fingerprint density at radius 2 is 2.14 bits per heavy atom. The maximum atomic E-state index is 10.8. The molecule has 1 atom stereocenters. The molecule has 0 heterocycles. The molecule has 0 radical (unpaired) electrons. The number of nitrogens with one attached hydrogen (secondary N) is 1. The van der Waals surface area contributed by atoms with E-state index in [9.17, 15) is 4.79 Å². The summed E-state index contributed by atoms with van der Waals surface area (Å²) in [5, 5.41) is 11.6. The molecule has 5 nitrogen and oxygen atoms in total. The molecule has 0 aromatic rings. The Morgan fingerprint density at radius 3 is 2.57 bits per heavy atom. The minimum absolute atomic E-state index is 0.155. The minimum atomic E-state index is -1.01. The molecule has 14 heavy (non-hydrogen) atoms. The fourth-order valence-electron chi connectivity index (χ4n) is 0.822. The van der Waals surface area contributed by atoms with E-state index in [1.54, 1.807) is 21.1 Å². The van der Waals surface area contributed by atoms with Gasteiger partial charge in [0.2, 0.25) is 0 Å². The van der Waals surface area contributed by atoms with E-state index in [-0.39, 0.29) is 6.61 Å². The van der Waals surface area contributed by atoms with E-state index in [0.717, 1.165) is 6.42 Å². The number of likely N-dealkylation sites (N-methyl/N-ethyl adjacent to an activating group) is 1. The quantitative estimate of drug-likeness (QED) is 0.550. The lowest BCUT2D eigenvalue weighted by Crippen LogP contribution is -2.51. The first-order valence-corrected chi connectivity index (χ1v) is 4.56. The number of hydrogen-bond donors (Lipinski definition) is 2. The molecule has 2 N–H and O–H groups in total. The Bertz CT molecular complexity index is 174. The third-order valence-electron chi connectivity index (χ3n) is 2.05. The van der Waals surface area contributed by atoms with Crippen molar-refractivity contribution in [2.75, 3.05) is 34.0 Å². The summed E-state index contributed by atoms with van der Waals surface area (Å²) in [6, 6.07) is 0. The first-order chi connectivity index (χ1) is 6.56. The van der Waals surface area contributed by atoms with Gasteiger partial charge in [0, 0.05) is 20.3 Å². The van der Waals surface area contributed by atoms with Gasteiger partial charge in [-0.05, 0) is 20.4 Å². The van der Waals surface area contributed by atoms with E-state index in [1.807, 2.05) is 0 Å². The molecule has 84 valence electrons. The Balaban J connectivity index is 3.68. The number of methoxy groups -OCH3 is 1. The Kier molecular flexibility index (Phi) is 6.44.